The number of allylic oxidation sites excluding steroid dienone is 8. The Morgan fingerprint density at radius 2 is 0.975 bits per heavy atom. The normalized spacial score (nSPS) is 21.4. The first-order valence-corrected chi connectivity index (χ1v) is 23.3. The van der Waals surface area contributed by atoms with Gasteiger partial charge in [0.25, 0.3) is 0 Å². The summed E-state index contributed by atoms with van der Waals surface area (Å²) in [6, 6.07) is 21.7. The summed E-state index contributed by atoms with van der Waals surface area (Å²) in [5.74, 6) is 8.74. The SMILES string of the molecule is CC[C]1[CH][C]2[C](C=CC=C2c2ccccc2)[C]1[Si](C)(C)[C]1[C](CC)[CH][C]2[C]1C=CC=C2c1ccccc1.[Cl][Zr+2][Cl]. The van der Waals surface area contributed by atoms with Crippen LogP contribution >= 0.6 is 17.0 Å². The fourth-order valence-electron chi connectivity index (χ4n) is 6.61. The Labute approximate surface area is 262 Å². The van der Waals surface area contributed by atoms with Gasteiger partial charge in [-0.05, 0) is 70.9 Å². The molecule has 2 saturated carbocycles. The maximum atomic E-state index is 4.93. The third-order valence-electron chi connectivity index (χ3n) is 8.21. The third-order valence-corrected chi connectivity index (χ3v) is 11.9. The number of rotatable bonds is 6. The monoisotopic (exact) mass is 654 g/mol. The van der Waals surface area contributed by atoms with Crippen molar-refractivity contribution in [1.29, 1.82) is 0 Å². The molecule has 4 aliphatic carbocycles. The molecule has 0 N–H and O–H groups in total. The van der Waals surface area contributed by atoms with E-state index >= 15 is 0 Å². The van der Waals surface area contributed by atoms with E-state index in [1.165, 1.54) is 57.8 Å². The molecule has 0 atom stereocenters. The molecule has 6 rings (SSSR count). The summed E-state index contributed by atoms with van der Waals surface area (Å²) in [7, 11) is 7.81. The van der Waals surface area contributed by atoms with Crippen LogP contribution in [0, 0.1) is 59.4 Å². The van der Waals surface area contributed by atoms with Gasteiger partial charge < -0.3 is 0 Å². The average Bonchev–Trinajstić information content (AvgIpc) is 3.58. The van der Waals surface area contributed by atoms with E-state index in [4.69, 9.17) is 17.0 Å². The predicted octanol–water partition coefficient (Wildman–Crippen LogP) is 10.3. The van der Waals surface area contributed by atoms with Gasteiger partial charge in [0.15, 0.2) is 0 Å². The fourth-order valence-corrected chi connectivity index (χ4v) is 10.8. The molecule has 4 aliphatic rings. The van der Waals surface area contributed by atoms with Crippen molar-refractivity contribution in [2.75, 3.05) is 0 Å². The van der Waals surface area contributed by atoms with Gasteiger partial charge in [0.05, 0.1) is 8.07 Å². The van der Waals surface area contributed by atoms with Gasteiger partial charge in [-0.2, -0.15) is 0 Å². The van der Waals surface area contributed by atoms with Crippen LogP contribution in [0.3, 0.4) is 0 Å². The summed E-state index contributed by atoms with van der Waals surface area (Å²) in [6.45, 7) is 9.81. The molecule has 2 fully saturated rings. The van der Waals surface area contributed by atoms with E-state index in [1.807, 2.05) is 0 Å². The standard InChI is InChI=1S/C36H34Si.2ClH.Zr/c1-5-25-23-33-29(27-15-9-7-10-16-27)19-13-21-31(33)35(25)37(3,4)36-26(6-2)24-34-30(20-14-22-32(34)36)28-17-11-8-12-18-28;;;/h7-24H,5-6H2,1-4H3;2*1H;/q;;;+4/p-2. The van der Waals surface area contributed by atoms with Crippen molar-refractivity contribution in [3.8, 4) is 0 Å². The van der Waals surface area contributed by atoms with Gasteiger partial charge in [-0.3, -0.25) is 0 Å². The first kappa shape index (κ1) is 30.5. The van der Waals surface area contributed by atoms with E-state index < -0.39 is 28.9 Å². The molecule has 0 saturated heterocycles. The van der Waals surface area contributed by atoms with E-state index in [1.54, 1.807) is 11.1 Å². The van der Waals surface area contributed by atoms with Crippen LogP contribution in [0.1, 0.15) is 37.8 Å². The van der Waals surface area contributed by atoms with Gasteiger partial charge in [-0.25, -0.2) is 0 Å². The Bertz CT molecular complexity index is 1150. The number of halogens is 2. The van der Waals surface area contributed by atoms with E-state index in [0.29, 0.717) is 0 Å². The Morgan fingerprint density at radius 3 is 1.32 bits per heavy atom. The molecule has 0 unspecified atom stereocenters. The van der Waals surface area contributed by atoms with Gasteiger partial charge >= 0.3 is 37.9 Å². The van der Waals surface area contributed by atoms with E-state index in [9.17, 15) is 0 Å². The molecule has 0 spiro atoms. The second-order valence-electron chi connectivity index (χ2n) is 10.8. The molecule has 0 aromatic heterocycles. The average molecular weight is 657 g/mol. The van der Waals surface area contributed by atoms with Gasteiger partial charge in [-0.1, -0.05) is 124 Å². The molecule has 4 heteroatoms. The van der Waals surface area contributed by atoms with E-state index in [2.05, 4.69) is 137 Å². The van der Waals surface area contributed by atoms with Crippen LogP contribution in [0.2, 0.25) is 13.1 Å². The minimum atomic E-state index is -2.06. The second kappa shape index (κ2) is 13.6. The molecule has 0 bridgehead atoms. The van der Waals surface area contributed by atoms with Gasteiger partial charge in [-0.15, -0.1) is 0 Å². The molecule has 0 nitrogen and oxygen atoms in total. The van der Waals surface area contributed by atoms with Gasteiger partial charge in [0, 0.05) is 23.7 Å². The Morgan fingerprint density at radius 1 is 0.600 bits per heavy atom. The topological polar surface area (TPSA) is 0 Å². The zero-order valence-electron chi connectivity index (χ0n) is 23.6. The Kier molecular flexibility index (Phi) is 10.4. The molecule has 10 radical (unpaired) electrons. The summed E-state index contributed by atoms with van der Waals surface area (Å²) in [4.78, 5) is 0. The molecular weight excluding hydrogens is 623 g/mol. The zero-order chi connectivity index (χ0) is 28.3. The van der Waals surface area contributed by atoms with E-state index in [-0.39, 0.29) is 0 Å². The number of fused-ring (bicyclic) bond motifs is 2. The summed E-state index contributed by atoms with van der Waals surface area (Å²) in [5.41, 5.74) is 8.53. The predicted molar refractivity (Wildman–Crippen MR) is 171 cm³/mol. The molecular formula is C36H34Cl2SiZr+2. The second-order valence-corrected chi connectivity index (χ2v) is 18.7. The molecule has 0 amide bonds. The quantitative estimate of drug-likeness (QED) is 0.272. The van der Waals surface area contributed by atoms with Crippen molar-refractivity contribution >= 4 is 36.2 Å². The van der Waals surface area contributed by atoms with Crippen molar-refractivity contribution in [2.24, 2.45) is 0 Å². The van der Waals surface area contributed by atoms with Crippen molar-refractivity contribution in [3.63, 3.8) is 0 Å². The molecule has 198 valence electrons. The molecule has 2 aromatic rings. The fraction of sp³-hybridized carbons (Fsp3) is 0.167. The molecule has 0 aliphatic heterocycles. The van der Waals surface area contributed by atoms with Crippen LogP contribution in [0.4, 0.5) is 0 Å². The van der Waals surface area contributed by atoms with Gasteiger partial charge in [0.2, 0.25) is 0 Å². The van der Waals surface area contributed by atoms with Crippen molar-refractivity contribution in [3.05, 3.63) is 168 Å². The first-order valence-electron chi connectivity index (χ1n) is 14.0. The van der Waals surface area contributed by atoms with Crippen LogP contribution in [0.25, 0.3) is 11.1 Å². The Balaban J connectivity index is 0.00000103. The summed E-state index contributed by atoms with van der Waals surface area (Å²) >= 11 is -0.826. The Hall–Kier alpha value is -0.920. The zero-order valence-corrected chi connectivity index (χ0v) is 28.5. The van der Waals surface area contributed by atoms with E-state index in [0.717, 1.165) is 12.8 Å². The first-order chi connectivity index (χ1) is 19.5. The van der Waals surface area contributed by atoms with Crippen LogP contribution in [0.15, 0.2) is 97.1 Å². The van der Waals surface area contributed by atoms with Crippen molar-refractivity contribution in [1.82, 2.24) is 0 Å². The molecule has 0 heterocycles. The van der Waals surface area contributed by atoms with Crippen molar-refractivity contribution in [2.45, 2.75) is 39.8 Å². The van der Waals surface area contributed by atoms with Crippen LogP contribution < -0.4 is 0 Å². The summed E-state index contributed by atoms with van der Waals surface area (Å²) in [5, 5.41) is 0. The number of benzene rings is 2. The van der Waals surface area contributed by atoms with Gasteiger partial charge in [0.1, 0.15) is 0 Å². The molecule has 2 aromatic carbocycles. The van der Waals surface area contributed by atoms with Crippen molar-refractivity contribution < 1.29 is 20.8 Å². The van der Waals surface area contributed by atoms with Crippen LogP contribution in [-0.4, -0.2) is 8.07 Å². The van der Waals surface area contributed by atoms with Crippen LogP contribution in [0.5, 0.6) is 0 Å². The molecule has 40 heavy (non-hydrogen) atoms. The number of hydrogen-bond acceptors (Lipinski definition) is 0. The number of hydrogen-bond donors (Lipinski definition) is 0. The summed E-state index contributed by atoms with van der Waals surface area (Å²) < 4.78 is 0. The maximum absolute atomic E-state index is 4.93. The minimum absolute atomic E-state index is 0.826. The van der Waals surface area contributed by atoms with Crippen LogP contribution in [-0.2, 0) is 20.8 Å². The third kappa shape index (κ3) is 5.82. The summed E-state index contributed by atoms with van der Waals surface area (Å²) in [6.07, 6.45) is 20.9.